The van der Waals surface area contributed by atoms with Gasteiger partial charge in [0.2, 0.25) is 0 Å². The Morgan fingerprint density at radius 1 is 0.576 bits per heavy atom. The molecule has 4 heteroatoms. The summed E-state index contributed by atoms with van der Waals surface area (Å²) in [6, 6.07) is 19.6. The second-order valence-electron chi connectivity index (χ2n) is 5.87. The van der Waals surface area contributed by atoms with Crippen molar-refractivity contribution in [2.45, 2.75) is 87.9 Å². The Morgan fingerprint density at radius 3 is 1.03 bits per heavy atom. The summed E-state index contributed by atoms with van der Waals surface area (Å²) in [5.74, 6) is 1.84. The van der Waals surface area contributed by atoms with Crippen LogP contribution in [0.15, 0.2) is 60.7 Å². The van der Waals surface area contributed by atoms with Gasteiger partial charge in [0.1, 0.15) is 36.9 Å². The molecule has 2 aromatic carbocycles. The topological polar surface area (TPSA) is 43.5 Å². The van der Waals surface area contributed by atoms with E-state index < -0.39 is 0 Å². The summed E-state index contributed by atoms with van der Waals surface area (Å²) in [4.78, 5) is 0. The first-order chi connectivity index (χ1) is 16.3. The van der Waals surface area contributed by atoms with Gasteiger partial charge in [-0.15, -0.1) is 0 Å². The van der Waals surface area contributed by atoms with E-state index in [9.17, 15) is 0 Å². The first kappa shape index (κ1) is 35.5. The summed E-state index contributed by atoms with van der Waals surface area (Å²) in [6.07, 6.45) is 1.94. The van der Waals surface area contributed by atoms with Crippen LogP contribution in [0.4, 0.5) is 0 Å². The summed E-state index contributed by atoms with van der Waals surface area (Å²) in [7, 11) is 0. The molecule has 0 aromatic heterocycles. The molecule has 2 aromatic rings. The van der Waals surface area contributed by atoms with Crippen molar-refractivity contribution < 1.29 is 18.9 Å². The quantitative estimate of drug-likeness (QED) is 0.402. The second-order valence-corrected chi connectivity index (χ2v) is 5.87. The summed E-state index contributed by atoms with van der Waals surface area (Å²) in [5, 5.41) is 0. The third kappa shape index (κ3) is 26.1. The molecule has 2 aliphatic heterocycles. The highest BCUT2D eigenvalue weighted by Crippen LogP contribution is 2.14. The molecule has 0 bridgehead atoms. The molecule has 0 radical (unpaired) electrons. The van der Waals surface area contributed by atoms with Crippen LogP contribution in [-0.4, -0.2) is 38.6 Å². The van der Waals surface area contributed by atoms with E-state index in [1.807, 2.05) is 116 Å². The van der Waals surface area contributed by atoms with Gasteiger partial charge in [-0.1, -0.05) is 112 Å². The molecule has 0 aliphatic carbocycles. The Labute approximate surface area is 205 Å². The number of epoxide rings is 2. The van der Waals surface area contributed by atoms with Gasteiger partial charge in [-0.2, -0.15) is 0 Å². The molecule has 0 amide bonds. The zero-order valence-electron chi connectivity index (χ0n) is 23.1. The molecule has 2 unspecified atom stereocenters. The van der Waals surface area contributed by atoms with Crippen LogP contribution in [0.3, 0.4) is 0 Å². The zero-order chi connectivity index (χ0) is 25.7. The molecule has 2 atom stereocenters. The van der Waals surface area contributed by atoms with Crippen LogP contribution in [0.2, 0.25) is 0 Å². The average Bonchev–Trinajstić information content (AvgIpc) is 3.84. The molecular weight excluding hydrogens is 412 g/mol. The predicted octanol–water partition coefficient (Wildman–Crippen LogP) is 8.45. The van der Waals surface area contributed by atoms with Gasteiger partial charge in [0.25, 0.3) is 0 Å². The van der Waals surface area contributed by atoms with E-state index in [2.05, 4.69) is 13.8 Å². The summed E-state index contributed by atoms with van der Waals surface area (Å²) in [5.41, 5.74) is 0. The molecule has 4 rings (SSSR count). The minimum Gasteiger partial charge on any atom is -0.491 e. The fourth-order valence-corrected chi connectivity index (χ4v) is 1.74. The Balaban J connectivity index is -0.000000386. The first-order valence-electron chi connectivity index (χ1n) is 12.9. The lowest BCUT2D eigenvalue weighted by Crippen LogP contribution is -2.03. The van der Waals surface area contributed by atoms with Gasteiger partial charge in [-0.3, -0.25) is 0 Å². The Kier molecular flexibility index (Phi) is 32.3. The lowest BCUT2D eigenvalue weighted by molar-refractivity contribution is 0.263. The lowest BCUT2D eigenvalue weighted by atomic mass is 10.3. The van der Waals surface area contributed by atoms with Crippen LogP contribution < -0.4 is 9.47 Å². The molecule has 0 N–H and O–H groups in total. The first-order valence-corrected chi connectivity index (χ1v) is 12.9. The lowest BCUT2D eigenvalue weighted by Gasteiger charge is -2.01. The smallest absolute Gasteiger partial charge is 0.119 e. The van der Waals surface area contributed by atoms with Crippen LogP contribution in [0.25, 0.3) is 0 Å². The molecule has 2 fully saturated rings. The number of para-hydroxylation sites is 2. The van der Waals surface area contributed by atoms with Gasteiger partial charge in [0, 0.05) is 0 Å². The monoisotopic (exact) mass is 464 g/mol. The van der Waals surface area contributed by atoms with Crippen molar-refractivity contribution in [2.75, 3.05) is 26.4 Å². The fourth-order valence-electron chi connectivity index (χ4n) is 1.74. The Hall–Kier alpha value is -2.04. The third-order valence-electron chi connectivity index (χ3n) is 3.16. The second kappa shape index (κ2) is 30.0. The van der Waals surface area contributed by atoms with E-state index in [1.165, 1.54) is 6.42 Å². The van der Waals surface area contributed by atoms with E-state index in [4.69, 9.17) is 18.9 Å². The van der Waals surface area contributed by atoms with Crippen LogP contribution in [0.1, 0.15) is 75.7 Å². The zero-order valence-corrected chi connectivity index (χ0v) is 23.1. The van der Waals surface area contributed by atoms with Crippen LogP contribution >= 0.6 is 0 Å². The molecule has 0 spiro atoms. The summed E-state index contributed by atoms with van der Waals surface area (Å²) < 4.78 is 20.8. The standard InChI is InChI=1S/2C9H10O2.C3H8.4C2H6/c2*1-2-4-8(5-3-1)10-6-9-7-11-9;1-3-2;4*1-2/h2*1-5,9H,6-7H2;3H2,1-2H3;4*1-2H3. The number of ether oxygens (including phenoxy) is 4. The fraction of sp³-hybridized carbons (Fsp3) is 0.586. The van der Waals surface area contributed by atoms with Crippen molar-refractivity contribution in [3.8, 4) is 11.5 Å². The van der Waals surface area contributed by atoms with E-state index in [-0.39, 0.29) is 0 Å². The van der Waals surface area contributed by atoms with Crippen molar-refractivity contribution >= 4 is 0 Å². The number of benzene rings is 2. The van der Waals surface area contributed by atoms with Gasteiger partial charge in [0.05, 0.1) is 13.2 Å². The van der Waals surface area contributed by atoms with Gasteiger partial charge in [-0.05, 0) is 24.3 Å². The Morgan fingerprint density at radius 2 is 0.818 bits per heavy atom. The Bertz CT molecular complexity index is 501. The largest absolute Gasteiger partial charge is 0.491 e. The molecule has 2 aliphatic rings. The highest BCUT2D eigenvalue weighted by Gasteiger charge is 2.23. The van der Waals surface area contributed by atoms with Gasteiger partial charge < -0.3 is 18.9 Å². The van der Waals surface area contributed by atoms with E-state index >= 15 is 0 Å². The molecule has 0 saturated carbocycles. The number of hydrogen-bond acceptors (Lipinski definition) is 4. The third-order valence-corrected chi connectivity index (χ3v) is 3.16. The van der Waals surface area contributed by atoms with Crippen molar-refractivity contribution in [1.29, 1.82) is 0 Å². The van der Waals surface area contributed by atoms with Crippen molar-refractivity contribution in [2.24, 2.45) is 0 Å². The SMILES string of the molecule is CC.CC.CC.CC.CCC.c1ccc(OCC2CO2)cc1.c1ccc(OCC2CO2)cc1. The van der Waals surface area contributed by atoms with Crippen molar-refractivity contribution in [3.05, 3.63) is 60.7 Å². The van der Waals surface area contributed by atoms with Crippen LogP contribution in [0.5, 0.6) is 11.5 Å². The maximum Gasteiger partial charge on any atom is 0.119 e. The van der Waals surface area contributed by atoms with Crippen molar-refractivity contribution in [1.82, 2.24) is 0 Å². The predicted molar refractivity (Wildman–Crippen MR) is 145 cm³/mol. The molecular formula is C29H52O4. The van der Waals surface area contributed by atoms with E-state index in [1.54, 1.807) is 0 Å². The maximum absolute atomic E-state index is 5.40. The van der Waals surface area contributed by atoms with Crippen molar-refractivity contribution in [3.63, 3.8) is 0 Å². The summed E-state index contributed by atoms with van der Waals surface area (Å²) in [6.45, 7) is 23.3. The highest BCUT2D eigenvalue weighted by atomic mass is 16.6. The average molecular weight is 465 g/mol. The van der Waals surface area contributed by atoms with Crippen LogP contribution in [0, 0.1) is 0 Å². The molecule has 4 nitrogen and oxygen atoms in total. The maximum atomic E-state index is 5.40. The molecule has 2 saturated heterocycles. The van der Waals surface area contributed by atoms with Gasteiger partial charge in [0.15, 0.2) is 0 Å². The minimum absolute atomic E-state index is 0.343. The minimum atomic E-state index is 0.343. The molecule has 33 heavy (non-hydrogen) atoms. The van der Waals surface area contributed by atoms with E-state index in [0.29, 0.717) is 25.4 Å². The summed E-state index contributed by atoms with van der Waals surface area (Å²) >= 11 is 0. The van der Waals surface area contributed by atoms with E-state index in [0.717, 1.165) is 24.7 Å². The number of hydrogen-bond donors (Lipinski definition) is 0. The number of rotatable bonds is 6. The van der Waals surface area contributed by atoms with Gasteiger partial charge >= 0.3 is 0 Å². The molecule has 192 valence electrons. The van der Waals surface area contributed by atoms with Gasteiger partial charge in [-0.25, -0.2) is 0 Å². The normalized spacial score (nSPS) is 15.5. The highest BCUT2D eigenvalue weighted by molar-refractivity contribution is 5.21. The van der Waals surface area contributed by atoms with Crippen LogP contribution in [-0.2, 0) is 9.47 Å². The molecule has 2 heterocycles.